The molecule has 2 fully saturated rings. The van der Waals surface area contributed by atoms with Crippen LogP contribution >= 0.6 is 11.6 Å². The number of benzene rings is 2. The van der Waals surface area contributed by atoms with Gasteiger partial charge in [-0.1, -0.05) is 35.9 Å². The molecule has 6 heteroatoms. The molecule has 1 N–H and O–H groups in total. The zero-order chi connectivity index (χ0) is 20.3. The molecule has 0 radical (unpaired) electrons. The minimum Gasteiger partial charge on any atom is -0.322 e. The number of halogens is 1. The molecule has 0 unspecified atom stereocenters. The summed E-state index contributed by atoms with van der Waals surface area (Å²) in [5.74, 6) is -0.834. The van der Waals surface area contributed by atoms with E-state index in [0.717, 1.165) is 12.0 Å². The van der Waals surface area contributed by atoms with Gasteiger partial charge in [-0.05, 0) is 61.1 Å². The Morgan fingerprint density at radius 2 is 1.72 bits per heavy atom. The van der Waals surface area contributed by atoms with Gasteiger partial charge in [0.05, 0.1) is 17.5 Å². The summed E-state index contributed by atoms with van der Waals surface area (Å²) < 4.78 is 0. The van der Waals surface area contributed by atoms with Gasteiger partial charge < -0.3 is 5.32 Å². The largest absolute Gasteiger partial charge is 0.322 e. The Hall–Kier alpha value is -2.92. The molecule has 4 atom stereocenters. The van der Waals surface area contributed by atoms with Crippen LogP contribution in [0, 0.1) is 30.6 Å². The Labute approximate surface area is 173 Å². The zero-order valence-electron chi connectivity index (χ0n) is 15.8. The summed E-state index contributed by atoms with van der Waals surface area (Å²) in [6.07, 6.45) is 5.03. The first kappa shape index (κ1) is 18.1. The number of rotatable bonds is 3. The summed E-state index contributed by atoms with van der Waals surface area (Å²) in [5, 5.41) is 3.38. The van der Waals surface area contributed by atoms with E-state index in [1.54, 1.807) is 36.4 Å². The van der Waals surface area contributed by atoms with Crippen LogP contribution in [0.2, 0.25) is 5.02 Å². The number of allylic oxidation sites excluding steroid dienone is 2. The highest BCUT2D eigenvalue weighted by Gasteiger charge is 2.59. The van der Waals surface area contributed by atoms with Crippen LogP contribution in [-0.2, 0) is 9.59 Å². The molecule has 2 bridgehead atoms. The summed E-state index contributed by atoms with van der Waals surface area (Å²) in [4.78, 5) is 40.0. The third-order valence-corrected chi connectivity index (χ3v) is 6.52. The molecule has 5 rings (SSSR count). The van der Waals surface area contributed by atoms with Crippen LogP contribution in [0.4, 0.5) is 11.4 Å². The number of nitrogens with zero attached hydrogens (tertiary/aromatic N) is 1. The first-order chi connectivity index (χ1) is 13.9. The number of carbonyl (C=O) groups is 3. The van der Waals surface area contributed by atoms with Gasteiger partial charge in [-0.2, -0.15) is 0 Å². The Balaban J connectivity index is 1.42. The highest BCUT2D eigenvalue weighted by atomic mass is 35.5. The zero-order valence-corrected chi connectivity index (χ0v) is 16.5. The highest BCUT2D eigenvalue weighted by molar-refractivity contribution is 6.31. The fourth-order valence-electron chi connectivity index (χ4n) is 4.87. The average molecular weight is 407 g/mol. The summed E-state index contributed by atoms with van der Waals surface area (Å²) in [7, 11) is 0. The Morgan fingerprint density at radius 3 is 2.41 bits per heavy atom. The third-order valence-electron chi connectivity index (χ3n) is 6.28. The van der Waals surface area contributed by atoms with Gasteiger partial charge in [-0.3, -0.25) is 14.4 Å². The van der Waals surface area contributed by atoms with Crippen LogP contribution in [0.1, 0.15) is 22.3 Å². The van der Waals surface area contributed by atoms with Crippen LogP contribution < -0.4 is 10.2 Å². The smallest absolute Gasteiger partial charge is 0.255 e. The van der Waals surface area contributed by atoms with Gasteiger partial charge in [0.1, 0.15) is 0 Å². The van der Waals surface area contributed by atoms with Crippen LogP contribution in [0.5, 0.6) is 0 Å². The van der Waals surface area contributed by atoms with E-state index in [2.05, 4.69) is 17.5 Å². The first-order valence-corrected chi connectivity index (χ1v) is 10.1. The number of hydrogen-bond donors (Lipinski definition) is 1. The maximum atomic E-state index is 13.0. The van der Waals surface area contributed by atoms with Crippen LogP contribution in [0.3, 0.4) is 0 Å². The molecule has 0 spiro atoms. The van der Waals surface area contributed by atoms with Crippen molar-refractivity contribution in [3.05, 3.63) is 70.8 Å². The molecule has 1 saturated carbocycles. The number of carbonyl (C=O) groups excluding carboxylic acids is 3. The predicted molar refractivity (Wildman–Crippen MR) is 111 cm³/mol. The normalized spacial score (nSPS) is 26.9. The van der Waals surface area contributed by atoms with Gasteiger partial charge in [0.25, 0.3) is 5.91 Å². The highest BCUT2D eigenvalue weighted by Crippen LogP contribution is 2.53. The maximum absolute atomic E-state index is 13.0. The Kier molecular flexibility index (Phi) is 4.10. The standard InChI is InChI=1S/C23H19ClN2O3/c1-12-5-8-16(24)11-18(12)25-21(27)15-3-2-4-17(10-15)26-22(28)19-13-6-7-14(9-13)20(19)23(26)29/h2-8,10-11,13-14,19-20H,9H2,1H3,(H,25,27)/t13-,14-,19-,20+/m1/s1. The van der Waals surface area contributed by atoms with E-state index in [1.807, 2.05) is 13.0 Å². The molecule has 29 heavy (non-hydrogen) atoms. The van der Waals surface area contributed by atoms with Crippen molar-refractivity contribution < 1.29 is 14.4 Å². The summed E-state index contributed by atoms with van der Waals surface area (Å²) in [5.41, 5.74) is 2.34. The van der Waals surface area contributed by atoms with E-state index in [-0.39, 0.29) is 41.4 Å². The van der Waals surface area contributed by atoms with Gasteiger partial charge in [-0.15, -0.1) is 0 Å². The number of aryl methyl sites for hydroxylation is 1. The lowest BCUT2D eigenvalue weighted by molar-refractivity contribution is -0.123. The van der Waals surface area contributed by atoms with E-state index >= 15 is 0 Å². The molecule has 1 saturated heterocycles. The van der Waals surface area contributed by atoms with E-state index in [9.17, 15) is 14.4 Å². The number of imide groups is 1. The second-order valence-corrected chi connectivity index (χ2v) is 8.41. The summed E-state index contributed by atoms with van der Waals surface area (Å²) in [6.45, 7) is 1.88. The van der Waals surface area contributed by atoms with E-state index < -0.39 is 0 Å². The molecule has 2 aromatic carbocycles. The van der Waals surface area contributed by atoms with Crippen LogP contribution in [-0.4, -0.2) is 17.7 Å². The molecule has 3 amide bonds. The molecule has 2 aromatic rings. The number of amides is 3. The van der Waals surface area contributed by atoms with Crippen molar-refractivity contribution in [1.29, 1.82) is 0 Å². The lowest BCUT2D eigenvalue weighted by Gasteiger charge is -2.18. The van der Waals surface area contributed by atoms with E-state index in [4.69, 9.17) is 11.6 Å². The van der Waals surface area contributed by atoms with Crippen molar-refractivity contribution in [2.24, 2.45) is 23.7 Å². The molecule has 1 aliphatic heterocycles. The van der Waals surface area contributed by atoms with Crippen molar-refractivity contribution in [1.82, 2.24) is 0 Å². The molecular formula is C23H19ClN2O3. The van der Waals surface area contributed by atoms with E-state index in [0.29, 0.717) is 22.0 Å². The van der Waals surface area contributed by atoms with Gasteiger partial charge in [0.2, 0.25) is 11.8 Å². The maximum Gasteiger partial charge on any atom is 0.255 e. The molecule has 0 aromatic heterocycles. The molecule has 3 aliphatic rings. The fraction of sp³-hybridized carbons (Fsp3) is 0.261. The van der Waals surface area contributed by atoms with Gasteiger partial charge in [-0.25, -0.2) is 4.90 Å². The van der Waals surface area contributed by atoms with Gasteiger partial charge in [0.15, 0.2) is 0 Å². The number of nitrogens with one attached hydrogen (secondary N) is 1. The van der Waals surface area contributed by atoms with Crippen molar-refractivity contribution in [3.63, 3.8) is 0 Å². The second kappa shape index (κ2) is 6.56. The quantitative estimate of drug-likeness (QED) is 0.613. The van der Waals surface area contributed by atoms with Gasteiger partial charge in [0, 0.05) is 16.3 Å². The monoisotopic (exact) mass is 406 g/mol. The first-order valence-electron chi connectivity index (χ1n) is 9.68. The molecule has 1 heterocycles. The lowest BCUT2D eigenvalue weighted by Crippen LogP contribution is -2.33. The topological polar surface area (TPSA) is 66.5 Å². The Bertz CT molecular complexity index is 1060. The lowest BCUT2D eigenvalue weighted by atomic mass is 9.85. The number of fused-ring (bicyclic) bond motifs is 5. The number of hydrogen-bond acceptors (Lipinski definition) is 3. The van der Waals surface area contributed by atoms with Crippen molar-refractivity contribution in [2.45, 2.75) is 13.3 Å². The average Bonchev–Trinajstić information content (AvgIpc) is 3.38. The van der Waals surface area contributed by atoms with E-state index in [1.165, 1.54) is 4.90 Å². The summed E-state index contributed by atoms with van der Waals surface area (Å²) in [6, 6.07) is 11.9. The molecule has 2 aliphatic carbocycles. The summed E-state index contributed by atoms with van der Waals surface area (Å²) >= 11 is 6.03. The van der Waals surface area contributed by atoms with Crippen molar-refractivity contribution in [3.8, 4) is 0 Å². The van der Waals surface area contributed by atoms with Crippen molar-refractivity contribution >= 4 is 40.7 Å². The van der Waals surface area contributed by atoms with Crippen LogP contribution in [0.15, 0.2) is 54.6 Å². The molecule has 5 nitrogen and oxygen atoms in total. The molecular weight excluding hydrogens is 388 g/mol. The minimum absolute atomic E-state index is 0.153. The van der Waals surface area contributed by atoms with Crippen molar-refractivity contribution in [2.75, 3.05) is 10.2 Å². The second-order valence-electron chi connectivity index (χ2n) is 7.98. The van der Waals surface area contributed by atoms with Crippen LogP contribution in [0.25, 0.3) is 0 Å². The van der Waals surface area contributed by atoms with Gasteiger partial charge >= 0.3 is 0 Å². The molecule has 146 valence electrons. The minimum atomic E-state index is -0.321. The third kappa shape index (κ3) is 2.80. The fourth-order valence-corrected chi connectivity index (χ4v) is 5.04. The predicted octanol–water partition coefficient (Wildman–Crippen LogP) is 4.21. The Morgan fingerprint density at radius 1 is 1.03 bits per heavy atom. The number of anilines is 2. The SMILES string of the molecule is Cc1ccc(Cl)cc1NC(=O)c1cccc(N2C(=O)[C@@H]3[C@H](C2=O)[C@@H]2C=C[C@@H]3C2)c1.